The molecule has 1 saturated carbocycles. The monoisotopic (exact) mass is 594 g/mol. The van der Waals surface area contributed by atoms with Crippen LogP contribution in [0.25, 0.3) is 0 Å². The van der Waals surface area contributed by atoms with Crippen molar-refractivity contribution in [3.63, 3.8) is 0 Å². The van der Waals surface area contributed by atoms with Crippen LogP contribution in [0.1, 0.15) is 86.4 Å². The predicted octanol–water partition coefficient (Wildman–Crippen LogP) is 6.73. The van der Waals surface area contributed by atoms with Gasteiger partial charge in [0.1, 0.15) is 22.8 Å². The fourth-order valence-electron chi connectivity index (χ4n) is 4.40. The zero-order chi connectivity index (χ0) is 31.2. The van der Waals surface area contributed by atoms with Crippen molar-refractivity contribution >= 4 is 23.9 Å². The molecule has 1 unspecified atom stereocenters. The predicted molar refractivity (Wildman–Crippen MR) is 160 cm³/mol. The van der Waals surface area contributed by atoms with Gasteiger partial charge in [-0.2, -0.15) is 0 Å². The molecule has 1 atom stereocenters. The molecule has 0 amide bonds. The Morgan fingerprint density at radius 2 is 1.56 bits per heavy atom. The summed E-state index contributed by atoms with van der Waals surface area (Å²) in [6.07, 6.45) is 6.71. The first-order valence-electron chi connectivity index (χ1n) is 15.0. The second-order valence-corrected chi connectivity index (χ2v) is 11.0. The van der Waals surface area contributed by atoms with Crippen LogP contribution in [0.4, 0.5) is 0 Å². The summed E-state index contributed by atoms with van der Waals surface area (Å²) in [6, 6.07) is 10.8. The lowest BCUT2D eigenvalue weighted by molar-refractivity contribution is -0.140. The maximum atomic E-state index is 13.0. The molecule has 1 aliphatic carbocycles. The SMILES string of the molecule is C=CC(=O)OCCCCOc1ccc(C(=O)Oc2ccc(OC(=O)C3CCC(C)CC3)c(C(=O)OCC(C)CC)c2)cc1. The van der Waals surface area contributed by atoms with Gasteiger partial charge in [0, 0.05) is 6.08 Å². The molecule has 0 aromatic heterocycles. The van der Waals surface area contributed by atoms with Crippen molar-refractivity contribution in [3.05, 3.63) is 66.2 Å². The van der Waals surface area contributed by atoms with Gasteiger partial charge in [0.2, 0.25) is 0 Å². The summed E-state index contributed by atoms with van der Waals surface area (Å²) in [5, 5.41) is 0. The summed E-state index contributed by atoms with van der Waals surface area (Å²) < 4.78 is 27.3. The van der Waals surface area contributed by atoms with Crippen LogP contribution < -0.4 is 14.2 Å². The Morgan fingerprint density at radius 1 is 0.884 bits per heavy atom. The molecule has 2 aromatic rings. The number of hydrogen-bond donors (Lipinski definition) is 0. The number of carbonyl (C=O) groups excluding carboxylic acids is 4. The molecule has 0 N–H and O–H groups in total. The average molecular weight is 595 g/mol. The van der Waals surface area contributed by atoms with Crippen LogP contribution in [-0.4, -0.2) is 43.7 Å². The number of rotatable bonds is 15. The van der Waals surface area contributed by atoms with Crippen molar-refractivity contribution in [2.24, 2.45) is 17.8 Å². The molecular formula is C34H42O9. The Bertz CT molecular complexity index is 1240. The molecule has 0 aliphatic heterocycles. The molecule has 1 aliphatic rings. The van der Waals surface area contributed by atoms with Crippen molar-refractivity contribution in [1.82, 2.24) is 0 Å². The van der Waals surface area contributed by atoms with Gasteiger partial charge >= 0.3 is 23.9 Å². The van der Waals surface area contributed by atoms with Gasteiger partial charge in [0.05, 0.1) is 31.3 Å². The van der Waals surface area contributed by atoms with Gasteiger partial charge in [-0.25, -0.2) is 14.4 Å². The quantitative estimate of drug-likeness (QED) is 0.0958. The van der Waals surface area contributed by atoms with Gasteiger partial charge < -0.3 is 23.7 Å². The smallest absolute Gasteiger partial charge is 0.343 e. The largest absolute Gasteiger partial charge is 0.494 e. The first-order chi connectivity index (χ1) is 20.7. The van der Waals surface area contributed by atoms with E-state index in [1.54, 1.807) is 24.3 Å². The molecule has 0 saturated heterocycles. The molecule has 1 fully saturated rings. The fourth-order valence-corrected chi connectivity index (χ4v) is 4.40. The molecule has 0 bridgehead atoms. The molecule has 2 aromatic carbocycles. The van der Waals surface area contributed by atoms with Crippen molar-refractivity contribution in [1.29, 1.82) is 0 Å². The van der Waals surface area contributed by atoms with Gasteiger partial charge in [0.25, 0.3) is 0 Å². The Hall–Kier alpha value is -4.14. The fraction of sp³-hybridized carbons (Fsp3) is 0.471. The van der Waals surface area contributed by atoms with E-state index in [0.717, 1.165) is 38.2 Å². The van der Waals surface area contributed by atoms with E-state index in [9.17, 15) is 19.2 Å². The lowest BCUT2D eigenvalue weighted by atomic mass is 9.83. The molecule has 3 rings (SSSR count). The van der Waals surface area contributed by atoms with Crippen LogP contribution in [0.3, 0.4) is 0 Å². The molecule has 0 radical (unpaired) electrons. The summed E-state index contributed by atoms with van der Waals surface area (Å²) in [4.78, 5) is 49.8. The Balaban J connectivity index is 1.62. The van der Waals surface area contributed by atoms with Crippen molar-refractivity contribution < 1.29 is 42.9 Å². The first-order valence-corrected chi connectivity index (χ1v) is 15.0. The summed E-state index contributed by atoms with van der Waals surface area (Å²) in [6.45, 7) is 10.4. The van der Waals surface area contributed by atoms with Gasteiger partial charge in [-0.3, -0.25) is 4.79 Å². The van der Waals surface area contributed by atoms with Crippen LogP contribution >= 0.6 is 0 Å². The third-order valence-corrected chi connectivity index (χ3v) is 7.45. The molecule has 9 heteroatoms. The molecule has 0 heterocycles. The van der Waals surface area contributed by atoms with E-state index < -0.39 is 17.9 Å². The minimum Gasteiger partial charge on any atom is -0.494 e. The second kappa shape index (κ2) is 17.1. The minimum absolute atomic E-state index is 0.0223. The van der Waals surface area contributed by atoms with E-state index in [-0.39, 0.29) is 47.0 Å². The van der Waals surface area contributed by atoms with Gasteiger partial charge in [-0.05, 0) is 92.8 Å². The highest BCUT2D eigenvalue weighted by Gasteiger charge is 2.28. The van der Waals surface area contributed by atoms with E-state index in [2.05, 4.69) is 13.5 Å². The zero-order valence-electron chi connectivity index (χ0n) is 25.3. The number of esters is 4. The van der Waals surface area contributed by atoms with Crippen LogP contribution in [-0.2, 0) is 19.1 Å². The number of ether oxygens (including phenoxy) is 5. The summed E-state index contributed by atoms with van der Waals surface area (Å²) in [7, 11) is 0. The Morgan fingerprint density at radius 3 is 2.23 bits per heavy atom. The van der Waals surface area contributed by atoms with Crippen LogP contribution in [0.15, 0.2) is 55.1 Å². The normalized spacial score (nSPS) is 16.8. The first kappa shape index (κ1) is 33.4. The number of hydrogen-bond acceptors (Lipinski definition) is 9. The summed E-state index contributed by atoms with van der Waals surface area (Å²) in [5.41, 5.74) is 0.306. The minimum atomic E-state index is -0.654. The highest BCUT2D eigenvalue weighted by atomic mass is 16.6. The maximum absolute atomic E-state index is 13.0. The Labute approximate surface area is 253 Å². The van der Waals surface area contributed by atoms with E-state index in [1.807, 2.05) is 13.8 Å². The number of benzene rings is 2. The van der Waals surface area contributed by atoms with Gasteiger partial charge in [0.15, 0.2) is 0 Å². The average Bonchev–Trinajstić information content (AvgIpc) is 3.02. The van der Waals surface area contributed by atoms with Crippen molar-refractivity contribution in [2.75, 3.05) is 19.8 Å². The second-order valence-electron chi connectivity index (χ2n) is 11.0. The third kappa shape index (κ3) is 10.9. The standard InChI is InChI=1S/C34H42O9/c1-5-23(3)22-41-34(38)29-21-28(17-18-30(29)43-33(37)25-11-9-24(4)10-12-25)42-32(36)26-13-15-27(16-14-26)39-19-7-8-20-40-31(35)6-2/h6,13-18,21,23-25H,2,5,7-12,19-20,22H2,1,3-4H3. The molecule has 43 heavy (non-hydrogen) atoms. The third-order valence-electron chi connectivity index (χ3n) is 7.45. The van der Waals surface area contributed by atoms with E-state index >= 15 is 0 Å². The lowest BCUT2D eigenvalue weighted by Gasteiger charge is -2.24. The van der Waals surface area contributed by atoms with Gasteiger partial charge in [-0.15, -0.1) is 0 Å². The topological polar surface area (TPSA) is 114 Å². The van der Waals surface area contributed by atoms with Crippen LogP contribution in [0.2, 0.25) is 0 Å². The van der Waals surface area contributed by atoms with Crippen molar-refractivity contribution in [3.8, 4) is 17.2 Å². The number of unbranched alkanes of at least 4 members (excludes halogenated alkanes) is 1. The van der Waals surface area contributed by atoms with Crippen molar-refractivity contribution in [2.45, 2.75) is 65.7 Å². The Kier molecular flexibility index (Phi) is 13.3. The molecule has 0 spiro atoms. The zero-order valence-corrected chi connectivity index (χ0v) is 25.3. The highest BCUT2D eigenvalue weighted by molar-refractivity contribution is 5.95. The summed E-state index contributed by atoms with van der Waals surface area (Å²) in [5.74, 6) is -0.808. The number of carbonyl (C=O) groups is 4. The lowest BCUT2D eigenvalue weighted by Crippen LogP contribution is -2.25. The maximum Gasteiger partial charge on any atom is 0.343 e. The molecule has 232 valence electrons. The molecular weight excluding hydrogens is 552 g/mol. The summed E-state index contributed by atoms with van der Waals surface area (Å²) >= 11 is 0. The highest BCUT2D eigenvalue weighted by Crippen LogP contribution is 2.32. The molecule has 9 nitrogen and oxygen atoms in total. The van der Waals surface area contributed by atoms with Crippen LogP contribution in [0, 0.1) is 17.8 Å². The van der Waals surface area contributed by atoms with E-state index in [4.69, 9.17) is 23.7 Å². The van der Waals surface area contributed by atoms with E-state index in [1.165, 1.54) is 18.2 Å². The van der Waals surface area contributed by atoms with E-state index in [0.29, 0.717) is 37.7 Å². The van der Waals surface area contributed by atoms with Gasteiger partial charge in [-0.1, -0.05) is 33.8 Å². The van der Waals surface area contributed by atoms with Crippen LogP contribution in [0.5, 0.6) is 17.2 Å².